The van der Waals surface area contributed by atoms with Gasteiger partial charge in [0.05, 0.1) is 52.9 Å². The van der Waals surface area contributed by atoms with Crippen LogP contribution in [0.3, 0.4) is 0 Å². The Morgan fingerprint density at radius 3 is 0.940 bits per heavy atom. The van der Waals surface area contributed by atoms with Crippen LogP contribution < -0.4 is 37.9 Å². The minimum absolute atomic E-state index is 0.0834. The second-order valence-electron chi connectivity index (χ2n) is 26.2. The first-order chi connectivity index (χ1) is 40.4. The summed E-state index contributed by atoms with van der Waals surface area (Å²) in [4.78, 5) is 0. The highest BCUT2D eigenvalue weighted by molar-refractivity contribution is 5.55. The SMILES string of the molecule is CC(C)(C)CC(C)(C)c1ccc2c(c1)OCCOCCOc1cc3ccc1Cc1cccc4c1OCCOCCOc1cc(C(C)(C)CC(C)(C)C)ccc1OCCOCCOc1c(cccc1Cc1cccc(c1OCCOCCO2)C4)C3. The van der Waals surface area contributed by atoms with Crippen LogP contribution in [0.25, 0.3) is 0 Å². The average molecular weight is 1150 g/mol. The highest BCUT2D eigenvalue weighted by atomic mass is 16.6. The Hall–Kier alpha value is -6.44. The highest BCUT2D eigenvalue weighted by Crippen LogP contribution is 2.43. The third-order valence-corrected chi connectivity index (χ3v) is 15.4. The van der Waals surface area contributed by atoms with Crippen LogP contribution in [0.5, 0.6) is 46.0 Å². The Morgan fingerprint density at radius 2 is 0.583 bits per heavy atom. The van der Waals surface area contributed by atoms with Crippen LogP contribution in [0.4, 0.5) is 0 Å². The summed E-state index contributed by atoms with van der Waals surface area (Å²) in [6.07, 6.45) is 4.26. The van der Waals surface area contributed by atoms with Crippen LogP contribution in [-0.4, -0.2) is 106 Å². The topological polar surface area (TPSA) is 111 Å². The number of hydrogen-bond donors (Lipinski definition) is 0. The predicted octanol–water partition coefficient (Wildman–Crippen LogP) is 14.3. The van der Waals surface area contributed by atoms with E-state index < -0.39 is 0 Å². The van der Waals surface area contributed by atoms with Gasteiger partial charge in [0.2, 0.25) is 0 Å². The molecule has 0 spiro atoms. The third kappa shape index (κ3) is 17.6. The first kappa shape index (κ1) is 62.1. The van der Waals surface area contributed by atoms with Gasteiger partial charge in [0, 0.05) is 25.7 Å². The van der Waals surface area contributed by atoms with E-state index in [4.69, 9.17) is 56.8 Å². The second kappa shape index (κ2) is 28.6. The molecule has 0 radical (unpaired) electrons. The Bertz CT molecular complexity index is 3090. The highest BCUT2D eigenvalue weighted by Gasteiger charge is 2.30. The molecular formula is C72H92O12. The molecule has 10 rings (SSSR count). The molecule has 12 bridgehead atoms. The molecule has 0 amide bonds. The van der Waals surface area contributed by atoms with Crippen LogP contribution in [0.15, 0.2) is 109 Å². The first-order valence-electron chi connectivity index (χ1n) is 30.4. The van der Waals surface area contributed by atoms with Crippen molar-refractivity contribution >= 4 is 0 Å². The van der Waals surface area contributed by atoms with E-state index in [1.54, 1.807) is 0 Å². The van der Waals surface area contributed by atoms with Crippen molar-refractivity contribution in [2.75, 3.05) is 106 Å². The van der Waals surface area contributed by atoms with Gasteiger partial charge in [-0.1, -0.05) is 148 Å². The second-order valence-corrected chi connectivity index (χ2v) is 26.2. The molecule has 452 valence electrons. The minimum Gasteiger partial charge on any atom is -0.491 e. The van der Waals surface area contributed by atoms with Gasteiger partial charge in [-0.15, -0.1) is 0 Å². The first-order valence-corrected chi connectivity index (χ1v) is 30.4. The van der Waals surface area contributed by atoms with Gasteiger partial charge in [0.15, 0.2) is 23.0 Å². The molecular weight excluding hydrogens is 1060 g/mol. The lowest BCUT2D eigenvalue weighted by atomic mass is 9.72. The largest absolute Gasteiger partial charge is 0.491 e. The van der Waals surface area contributed by atoms with Crippen molar-refractivity contribution < 1.29 is 56.8 Å². The monoisotopic (exact) mass is 1150 g/mol. The van der Waals surface area contributed by atoms with E-state index in [0.29, 0.717) is 154 Å². The number of hydrogen-bond acceptors (Lipinski definition) is 12. The fraction of sp³-hybridized carbons (Fsp3) is 0.500. The summed E-state index contributed by atoms with van der Waals surface area (Å²) < 4.78 is 78.1. The summed E-state index contributed by atoms with van der Waals surface area (Å²) in [5, 5.41) is 0. The van der Waals surface area contributed by atoms with E-state index in [0.717, 1.165) is 80.3 Å². The summed E-state index contributed by atoms with van der Waals surface area (Å²) >= 11 is 0. The summed E-state index contributed by atoms with van der Waals surface area (Å²) in [5.41, 5.74) is 10.8. The fourth-order valence-corrected chi connectivity index (χ4v) is 12.4. The molecule has 0 atom stereocenters. The molecule has 6 aromatic rings. The lowest BCUT2D eigenvalue weighted by molar-refractivity contribution is 0.0693. The molecule has 0 fully saturated rings. The molecule has 0 saturated heterocycles. The van der Waals surface area contributed by atoms with Crippen LogP contribution in [0, 0.1) is 10.8 Å². The van der Waals surface area contributed by atoms with Gasteiger partial charge in [-0.25, -0.2) is 0 Å². The standard InChI is InChI=1S/C72H92O12/c1-69(2,3)49-71(7,8)59-22-24-61-64(47-59)80-37-29-73-28-36-79-63-43-51-20-21-52(63)44-54-15-12-17-56-46-58-19-13-18-57(68(58)84-41-32-75-27-35-78-61)45-55-16-11-14-53(42-51)66(55)82-39-31-74-26-34-77-62-25-23-60(72(9,10)50-70(4,5)6)48-65(62)81-38-30-76-33-40-83-67(54)56/h11-25,43,47-48H,26-42,44-46,49-50H2,1-10H3. The van der Waals surface area contributed by atoms with Crippen LogP contribution in [-0.2, 0) is 55.5 Å². The molecule has 0 saturated carbocycles. The number of ether oxygens (including phenoxy) is 12. The maximum atomic E-state index is 6.91. The van der Waals surface area contributed by atoms with Gasteiger partial charge in [-0.05, 0) is 120 Å². The average Bonchev–Trinajstić information content (AvgIpc) is 3.64. The molecule has 0 N–H and O–H groups in total. The van der Waals surface area contributed by atoms with E-state index in [1.807, 2.05) is 12.1 Å². The quantitative estimate of drug-likeness (QED) is 0.167. The van der Waals surface area contributed by atoms with E-state index >= 15 is 0 Å². The molecule has 12 nitrogen and oxygen atoms in total. The number of benzene rings is 6. The van der Waals surface area contributed by atoms with Crippen LogP contribution in [0.1, 0.15) is 138 Å². The van der Waals surface area contributed by atoms with Gasteiger partial charge in [-0.3, -0.25) is 0 Å². The van der Waals surface area contributed by atoms with Crippen molar-refractivity contribution in [1.29, 1.82) is 0 Å². The molecule has 2 aliphatic carbocycles. The lowest BCUT2D eigenvalue weighted by Crippen LogP contribution is -2.25. The van der Waals surface area contributed by atoms with Gasteiger partial charge in [0.25, 0.3) is 0 Å². The van der Waals surface area contributed by atoms with Crippen LogP contribution in [0.2, 0.25) is 0 Å². The third-order valence-electron chi connectivity index (χ3n) is 15.4. The van der Waals surface area contributed by atoms with E-state index in [1.165, 1.54) is 11.1 Å². The summed E-state index contributed by atoms with van der Waals surface area (Å²) in [7, 11) is 0. The van der Waals surface area contributed by atoms with Crippen molar-refractivity contribution in [3.05, 3.63) is 165 Å². The van der Waals surface area contributed by atoms with Crippen molar-refractivity contribution in [1.82, 2.24) is 0 Å². The molecule has 12 heteroatoms. The zero-order chi connectivity index (χ0) is 59.2. The summed E-state index contributed by atoms with van der Waals surface area (Å²) in [6, 6.07) is 38.5. The minimum atomic E-state index is -0.0865. The summed E-state index contributed by atoms with van der Waals surface area (Å²) in [6.45, 7) is 28.4. The molecule has 84 heavy (non-hydrogen) atoms. The Kier molecular flexibility index (Phi) is 21.2. The fourth-order valence-electron chi connectivity index (χ4n) is 12.4. The lowest BCUT2D eigenvalue weighted by Gasteiger charge is -2.33. The number of para-hydroxylation sites is 3. The Labute approximate surface area is 500 Å². The predicted molar refractivity (Wildman–Crippen MR) is 331 cm³/mol. The van der Waals surface area contributed by atoms with Crippen molar-refractivity contribution in [3.63, 3.8) is 0 Å². The number of rotatable bonds is 4. The Balaban J connectivity index is 1.05. The van der Waals surface area contributed by atoms with Gasteiger partial charge in [0.1, 0.15) is 75.9 Å². The van der Waals surface area contributed by atoms with Crippen molar-refractivity contribution in [2.24, 2.45) is 10.8 Å². The zero-order valence-electron chi connectivity index (χ0n) is 51.8. The smallest absolute Gasteiger partial charge is 0.161 e. The van der Waals surface area contributed by atoms with Crippen LogP contribution >= 0.6 is 0 Å². The maximum Gasteiger partial charge on any atom is 0.161 e. The normalized spacial score (nSPS) is 16.9. The number of fused-ring (bicyclic) bond motifs is 3. The molecule has 2 aliphatic heterocycles. The van der Waals surface area contributed by atoms with Gasteiger partial charge >= 0.3 is 0 Å². The maximum absolute atomic E-state index is 6.91. The molecule has 6 aromatic carbocycles. The van der Waals surface area contributed by atoms with Crippen molar-refractivity contribution in [2.45, 2.75) is 119 Å². The van der Waals surface area contributed by atoms with Gasteiger partial charge in [-0.2, -0.15) is 0 Å². The molecule has 0 aromatic heterocycles. The summed E-state index contributed by atoms with van der Waals surface area (Å²) in [5.74, 6) is 5.94. The molecule has 4 aliphatic rings. The molecule has 2 heterocycles. The van der Waals surface area contributed by atoms with E-state index in [-0.39, 0.29) is 21.7 Å². The van der Waals surface area contributed by atoms with Gasteiger partial charge < -0.3 is 56.8 Å². The van der Waals surface area contributed by atoms with Crippen molar-refractivity contribution in [3.8, 4) is 46.0 Å². The van der Waals surface area contributed by atoms with E-state index in [2.05, 4.69) is 166 Å². The zero-order valence-corrected chi connectivity index (χ0v) is 51.8. The Morgan fingerprint density at radius 1 is 0.274 bits per heavy atom. The van der Waals surface area contributed by atoms with E-state index in [9.17, 15) is 0 Å². The molecule has 0 unspecified atom stereocenters.